The van der Waals surface area contributed by atoms with Crippen molar-refractivity contribution in [2.45, 2.75) is 29.4 Å². The number of hydrogen-bond acceptors (Lipinski definition) is 2. The molecule has 4 heteroatoms. The van der Waals surface area contributed by atoms with E-state index in [0.717, 1.165) is 24.3 Å². The van der Waals surface area contributed by atoms with Gasteiger partial charge in [-0.2, -0.15) is 0 Å². The maximum absolute atomic E-state index is 13.6. The van der Waals surface area contributed by atoms with Gasteiger partial charge in [0.25, 0.3) is 0 Å². The number of benzene rings is 2. The Hall–Kier alpha value is -1.36. The van der Waals surface area contributed by atoms with E-state index in [4.69, 9.17) is 0 Å². The van der Waals surface area contributed by atoms with Crippen molar-refractivity contribution in [3.05, 3.63) is 65.0 Å². The summed E-state index contributed by atoms with van der Waals surface area (Å²) in [5.41, 5.74) is 3.83. The van der Waals surface area contributed by atoms with Crippen LogP contribution in [0.25, 0.3) is 0 Å². The topological polar surface area (TPSA) is 35.1 Å². The fraction of sp³-hybridized carbons (Fsp3) is 0.400. The van der Waals surface area contributed by atoms with Crippen molar-refractivity contribution >= 4 is 11.2 Å². The molecule has 2 nitrogen and oxygen atoms in total. The van der Waals surface area contributed by atoms with Crippen LogP contribution in [-0.2, 0) is 22.3 Å². The van der Waals surface area contributed by atoms with Crippen molar-refractivity contribution in [3.63, 3.8) is 0 Å². The third kappa shape index (κ3) is 2.24. The molecular weight excluding hydrogens is 321 g/mol. The second-order valence-corrected chi connectivity index (χ2v) is 8.67. The van der Waals surface area contributed by atoms with E-state index < -0.39 is 11.2 Å². The first-order valence-electron chi connectivity index (χ1n) is 8.51. The maximum atomic E-state index is 13.6. The summed E-state index contributed by atoms with van der Waals surface area (Å²) in [4.78, 5) is 0.730. The van der Waals surface area contributed by atoms with Gasteiger partial charge < -0.3 is 9.87 Å². The molecule has 126 valence electrons. The molecule has 0 bridgehead atoms. The zero-order chi connectivity index (χ0) is 16.9. The predicted octanol–water partition coefficient (Wildman–Crippen LogP) is 3.55. The minimum atomic E-state index is -1.18. The van der Waals surface area contributed by atoms with E-state index in [-0.39, 0.29) is 10.6 Å². The Kier molecular flexibility index (Phi) is 3.94. The lowest BCUT2D eigenvalue weighted by atomic mass is 9.90. The fourth-order valence-electron chi connectivity index (χ4n) is 4.59. The van der Waals surface area contributed by atoms with Crippen molar-refractivity contribution < 1.29 is 8.94 Å². The Balaban J connectivity index is 1.81. The molecule has 4 rings (SSSR count). The summed E-state index contributed by atoms with van der Waals surface area (Å²) in [6.07, 6.45) is 2.14. The summed E-state index contributed by atoms with van der Waals surface area (Å²) >= 11 is -1.18. The van der Waals surface area contributed by atoms with Crippen LogP contribution in [0.15, 0.2) is 47.4 Å². The maximum Gasteiger partial charge on any atom is 0.164 e. The van der Waals surface area contributed by atoms with Gasteiger partial charge in [-0.15, -0.1) is 0 Å². The largest absolute Gasteiger partial charge is 0.611 e. The van der Waals surface area contributed by atoms with Gasteiger partial charge in [0.2, 0.25) is 0 Å². The summed E-state index contributed by atoms with van der Waals surface area (Å²) in [5, 5.41) is 3.27. The first kappa shape index (κ1) is 16.1. The predicted molar refractivity (Wildman–Crippen MR) is 94.9 cm³/mol. The quantitative estimate of drug-likeness (QED) is 0.862. The van der Waals surface area contributed by atoms with Gasteiger partial charge in [-0.3, -0.25) is 0 Å². The number of nitrogens with one attached hydrogen (secondary N) is 1. The van der Waals surface area contributed by atoms with Gasteiger partial charge in [0, 0.05) is 23.9 Å². The average Bonchev–Trinajstić information content (AvgIpc) is 3.24. The number of rotatable bonds is 4. The van der Waals surface area contributed by atoms with Crippen molar-refractivity contribution in [1.29, 1.82) is 0 Å². The van der Waals surface area contributed by atoms with Gasteiger partial charge >= 0.3 is 0 Å². The molecule has 0 saturated heterocycles. The van der Waals surface area contributed by atoms with Crippen molar-refractivity contribution in [2.24, 2.45) is 11.8 Å². The summed E-state index contributed by atoms with van der Waals surface area (Å²) in [7, 11) is 1.95. The van der Waals surface area contributed by atoms with E-state index in [1.807, 2.05) is 7.05 Å². The highest BCUT2D eigenvalue weighted by atomic mass is 32.2. The lowest BCUT2D eigenvalue weighted by Gasteiger charge is -2.29. The van der Waals surface area contributed by atoms with Crippen LogP contribution < -0.4 is 5.32 Å². The minimum absolute atomic E-state index is 0.285. The van der Waals surface area contributed by atoms with Crippen molar-refractivity contribution in [2.75, 3.05) is 13.6 Å². The number of aryl methyl sites for hydroxylation is 2. The normalized spacial score (nSPS) is 28.8. The molecule has 4 unspecified atom stereocenters. The van der Waals surface area contributed by atoms with Gasteiger partial charge in [0.1, 0.15) is 5.82 Å². The molecule has 2 aliphatic carbocycles. The van der Waals surface area contributed by atoms with Crippen molar-refractivity contribution in [3.8, 4) is 0 Å². The Bertz CT molecular complexity index is 763. The molecule has 2 aromatic carbocycles. The fourth-order valence-corrected chi connectivity index (χ4v) is 6.77. The van der Waals surface area contributed by atoms with Crippen LogP contribution in [0.1, 0.15) is 23.1 Å². The minimum Gasteiger partial charge on any atom is -0.611 e. The van der Waals surface area contributed by atoms with E-state index in [1.165, 1.54) is 28.8 Å². The molecule has 24 heavy (non-hydrogen) atoms. The van der Waals surface area contributed by atoms with E-state index in [9.17, 15) is 8.94 Å². The monoisotopic (exact) mass is 343 g/mol. The highest BCUT2D eigenvalue weighted by Crippen LogP contribution is 2.69. The molecule has 0 aromatic heterocycles. The first-order valence-corrected chi connectivity index (χ1v) is 9.66. The molecule has 1 fully saturated rings. The van der Waals surface area contributed by atoms with Gasteiger partial charge in [0.05, 0.1) is 0 Å². The molecule has 2 aromatic rings. The van der Waals surface area contributed by atoms with Crippen LogP contribution in [0.4, 0.5) is 4.39 Å². The zero-order valence-electron chi connectivity index (χ0n) is 14.0. The second-order valence-electron chi connectivity index (χ2n) is 6.99. The molecule has 1 saturated carbocycles. The summed E-state index contributed by atoms with van der Waals surface area (Å²) in [6.45, 7) is 2.97. The summed E-state index contributed by atoms with van der Waals surface area (Å²) < 4.78 is 26.5. The zero-order valence-corrected chi connectivity index (χ0v) is 14.8. The van der Waals surface area contributed by atoms with Gasteiger partial charge in [-0.1, -0.05) is 23.8 Å². The number of halogens is 1. The van der Waals surface area contributed by atoms with Gasteiger partial charge in [-0.25, -0.2) is 4.39 Å². The van der Waals surface area contributed by atoms with Gasteiger partial charge in [0.15, 0.2) is 9.64 Å². The highest BCUT2D eigenvalue weighted by molar-refractivity contribution is 7.92. The van der Waals surface area contributed by atoms with Crippen LogP contribution in [0.5, 0.6) is 0 Å². The second kappa shape index (κ2) is 5.87. The van der Waals surface area contributed by atoms with Crippen LogP contribution >= 0.6 is 0 Å². The standard InChI is InChI=1S/C20H22FNOS/c1-13-3-9-17-14(11-13)4-10-18-19(12-22-2)20(17,18)24(23)16-7-5-15(21)6-8-16/h3,5-9,11,18-19,22H,4,10,12H2,1-2H3. The van der Waals surface area contributed by atoms with E-state index in [2.05, 4.69) is 30.4 Å². The number of hydrogen-bond donors (Lipinski definition) is 1. The Morgan fingerprint density at radius 3 is 2.71 bits per heavy atom. The lowest BCUT2D eigenvalue weighted by Crippen LogP contribution is -2.30. The van der Waals surface area contributed by atoms with Crippen LogP contribution in [-0.4, -0.2) is 18.1 Å². The van der Waals surface area contributed by atoms with E-state index in [1.54, 1.807) is 12.1 Å². The molecule has 1 N–H and O–H groups in total. The highest BCUT2D eigenvalue weighted by Gasteiger charge is 2.75. The number of fused-ring (bicyclic) bond motifs is 3. The SMILES string of the molecule is CNCC1C2CCc3cc(C)ccc3C21[S+]([O-])c1ccc(F)cc1. The first-order chi connectivity index (χ1) is 11.6. The Labute approximate surface area is 145 Å². The molecular formula is C20H22FNOS. The molecule has 0 amide bonds. The van der Waals surface area contributed by atoms with Gasteiger partial charge in [-0.05, 0) is 67.8 Å². The smallest absolute Gasteiger partial charge is 0.164 e. The molecule has 0 aliphatic heterocycles. The van der Waals surface area contributed by atoms with Crippen LogP contribution in [0, 0.1) is 24.6 Å². The molecule has 0 radical (unpaired) electrons. The molecule has 0 heterocycles. The Morgan fingerprint density at radius 2 is 2.00 bits per heavy atom. The lowest BCUT2D eigenvalue weighted by molar-refractivity contribution is 0.552. The van der Waals surface area contributed by atoms with Crippen molar-refractivity contribution in [1.82, 2.24) is 5.32 Å². The molecule has 2 aliphatic rings. The summed E-state index contributed by atoms with van der Waals surface area (Å²) in [6, 6.07) is 12.7. The van der Waals surface area contributed by atoms with E-state index >= 15 is 0 Å². The molecule has 0 spiro atoms. The third-order valence-electron chi connectivity index (χ3n) is 5.64. The van der Waals surface area contributed by atoms with E-state index in [0.29, 0.717) is 11.8 Å². The summed E-state index contributed by atoms with van der Waals surface area (Å²) in [5.74, 6) is 0.524. The third-order valence-corrected chi connectivity index (χ3v) is 7.78. The molecule has 4 atom stereocenters. The Morgan fingerprint density at radius 1 is 1.25 bits per heavy atom. The van der Waals surface area contributed by atoms with Crippen LogP contribution in [0.2, 0.25) is 0 Å². The van der Waals surface area contributed by atoms with Crippen LogP contribution in [0.3, 0.4) is 0 Å². The average molecular weight is 343 g/mol.